The highest BCUT2D eigenvalue weighted by Gasteiger charge is 2.10. The molecule has 0 aliphatic carbocycles. The van der Waals surface area contributed by atoms with E-state index in [1.807, 2.05) is 0 Å². The molecule has 0 saturated heterocycles. The van der Waals surface area contributed by atoms with Crippen LogP contribution >= 0.6 is 7.60 Å². The van der Waals surface area contributed by atoms with Gasteiger partial charge in [-0.25, -0.2) is 0 Å². The van der Waals surface area contributed by atoms with Crippen molar-refractivity contribution in [2.45, 2.75) is 46.5 Å². The number of rotatable bonds is 7. The van der Waals surface area contributed by atoms with Gasteiger partial charge in [0.2, 0.25) is 0 Å². The minimum Gasteiger partial charge on any atom is -0.324 e. The molecule has 0 unspecified atom stereocenters. The molecule has 0 aliphatic rings. The summed E-state index contributed by atoms with van der Waals surface area (Å²) in [6.45, 7) is 6.23. The molecule has 16 heavy (non-hydrogen) atoms. The average molecular weight is 246 g/mol. The van der Waals surface area contributed by atoms with Crippen molar-refractivity contribution in [1.29, 1.82) is 0 Å². The summed E-state index contributed by atoms with van der Waals surface area (Å²) in [6.07, 6.45) is 7.66. The standard InChI is InChI=1S/C12H23O3P/c1-11(2)7-6-9-12(3)8-4-5-10-16(13,14)15/h7-8H,4-6,9-10H2,1-3H3,(H2,13,14,15). The first-order valence-electron chi connectivity index (χ1n) is 5.65. The molecule has 2 N–H and O–H groups in total. The SMILES string of the molecule is CC(C)=CCCC(C)=CCCCP(=O)(O)O. The Morgan fingerprint density at radius 1 is 1.12 bits per heavy atom. The summed E-state index contributed by atoms with van der Waals surface area (Å²) >= 11 is 0. The minimum absolute atomic E-state index is 0.00918. The predicted octanol–water partition coefficient (Wildman–Crippen LogP) is 3.64. The number of hydrogen-bond acceptors (Lipinski definition) is 1. The zero-order valence-electron chi connectivity index (χ0n) is 10.4. The maximum atomic E-state index is 10.6. The number of allylic oxidation sites excluding steroid dienone is 4. The fraction of sp³-hybridized carbons (Fsp3) is 0.667. The van der Waals surface area contributed by atoms with Gasteiger partial charge in [-0.2, -0.15) is 0 Å². The molecule has 0 saturated carbocycles. The molecule has 0 rings (SSSR count). The van der Waals surface area contributed by atoms with Gasteiger partial charge in [0.05, 0.1) is 6.16 Å². The first-order chi connectivity index (χ1) is 7.31. The third-order valence-corrected chi connectivity index (χ3v) is 3.14. The second-order valence-corrected chi connectivity index (χ2v) is 6.18. The Kier molecular flexibility index (Phi) is 7.65. The molecule has 0 spiro atoms. The van der Waals surface area contributed by atoms with Crippen LogP contribution in [0.5, 0.6) is 0 Å². The van der Waals surface area contributed by atoms with Crippen LogP contribution in [-0.2, 0) is 4.57 Å². The number of hydrogen-bond donors (Lipinski definition) is 2. The van der Waals surface area contributed by atoms with Crippen molar-refractivity contribution in [3.63, 3.8) is 0 Å². The van der Waals surface area contributed by atoms with Crippen molar-refractivity contribution in [3.05, 3.63) is 23.3 Å². The molecule has 0 radical (unpaired) electrons. The molecule has 0 heterocycles. The molecular weight excluding hydrogens is 223 g/mol. The van der Waals surface area contributed by atoms with Gasteiger partial charge in [0.15, 0.2) is 0 Å². The maximum absolute atomic E-state index is 10.6. The summed E-state index contributed by atoms with van der Waals surface area (Å²) in [7, 11) is -3.80. The topological polar surface area (TPSA) is 57.5 Å². The van der Waals surface area contributed by atoms with Gasteiger partial charge >= 0.3 is 7.60 Å². The maximum Gasteiger partial charge on any atom is 0.325 e. The Balaban J connectivity index is 3.71. The van der Waals surface area contributed by atoms with Crippen molar-refractivity contribution in [3.8, 4) is 0 Å². The van der Waals surface area contributed by atoms with Crippen LogP contribution in [0.3, 0.4) is 0 Å². The summed E-state index contributed by atoms with van der Waals surface area (Å²) in [5.41, 5.74) is 2.62. The van der Waals surface area contributed by atoms with E-state index in [2.05, 4.69) is 32.9 Å². The molecule has 0 amide bonds. The fourth-order valence-corrected chi connectivity index (χ4v) is 1.93. The van der Waals surface area contributed by atoms with E-state index in [0.29, 0.717) is 6.42 Å². The highest BCUT2D eigenvalue weighted by atomic mass is 31.2. The van der Waals surface area contributed by atoms with E-state index >= 15 is 0 Å². The molecular formula is C12H23O3P. The molecule has 94 valence electrons. The van der Waals surface area contributed by atoms with Crippen LogP contribution in [0.15, 0.2) is 23.3 Å². The lowest BCUT2D eigenvalue weighted by Gasteiger charge is -2.02. The third kappa shape index (κ3) is 11.7. The second kappa shape index (κ2) is 7.83. The Bertz CT molecular complexity index is 295. The predicted molar refractivity (Wildman–Crippen MR) is 68.6 cm³/mol. The smallest absolute Gasteiger partial charge is 0.324 e. The van der Waals surface area contributed by atoms with Gasteiger partial charge in [0.25, 0.3) is 0 Å². The van der Waals surface area contributed by atoms with Crippen molar-refractivity contribution in [2.75, 3.05) is 6.16 Å². The van der Waals surface area contributed by atoms with Crippen LogP contribution in [-0.4, -0.2) is 15.9 Å². The summed E-state index contributed by atoms with van der Waals surface area (Å²) in [4.78, 5) is 17.3. The minimum atomic E-state index is -3.80. The van der Waals surface area contributed by atoms with Crippen molar-refractivity contribution in [2.24, 2.45) is 0 Å². The van der Waals surface area contributed by atoms with E-state index in [0.717, 1.165) is 19.3 Å². The molecule has 4 heteroatoms. The van der Waals surface area contributed by atoms with E-state index in [9.17, 15) is 4.57 Å². The van der Waals surface area contributed by atoms with Crippen LogP contribution in [0.4, 0.5) is 0 Å². The Labute approximate surface area is 98.4 Å². The Hall–Kier alpha value is -0.370. The molecule has 3 nitrogen and oxygen atoms in total. The Morgan fingerprint density at radius 3 is 2.25 bits per heavy atom. The zero-order chi connectivity index (χ0) is 12.6. The van der Waals surface area contributed by atoms with Crippen LogP contribution < -0.4 is 0 Å². The Morgan fingerprint density at radius 2 is 1.75 bits per heavy atom. The van der Waals surface area contributed by atoms with E-state index in [1.165, 1.54) is 11.1 Å². The molecule has 0 fully saturated rings. The van der Waals surface area contributed by atoms with Gasteiger partial charge in [-0.3, -0.25) is 4.57 Å². The van der Waals surface area contributed by atoms with Crippen LogP contribution in [0.25, 0.3) is 0 Å². The first-order valence-corrected chi connectivity index (χ1v) is 7.44. The van der Waals surface area contributed by atoms with Crippen molar-refractivity contribution in [1.82, 2.24) is 0 Å². The van der Waals surface area contributed by atoms with Crippen molar-refractivity contribution < 1.29 is 14.4 Å². The fourth-order valence-electron chi connectivity index (χ4n) is 1.34. The van der Waals surface area contributed by atoms with Gasteiger partial charge in [-0.05, 0) is 46.5 Å². The highest BCUT2D eigenvalue weighted by molar-refractivity contribution is 7.51. The lowest BCUT2D eigenvalue weighted by atomic mass is 10.1. The van der Waals surface area contributed by atoms with Gasteiger partial charge in [-0.15, -0.1) is 0 Å². The van der Waals surface area contributed by atoms with Crippen LogP contribution in [0.1, 0.15) is 46.5 Å². The summed E-state index contributed by atoms with van der Waals surface area (Å²) in [6, 6.07) is 0. The normalized spacial score (nSPS) is 12.7. The van der Waals surface area contributed by atoms with Gasteiger partial charge in [0, 0.05) is 0 Å². The summed E-state index contributed by atoms with van der Waals surface area (Å²) in [5.74, 6) is 0. The van der Waals surface area contributed by atoms with E-state index in [-0.39, 0.29) is 6.16 Å². The van der Waals surface area contributed by atoms with Crippen molar-refractivity contribution >= 4 is 7.60 Å². The molecule has 0 aromatic rings. The molecule has 0 aliphatic heterocycles. The third-order valence-electron chi connectivity index (χ3n) is 2.24. The average Bonchev–Trinajstić information content (AvgIpc) is 2.10. The summed E-state index contributed by atoms with van der Waals surface area (Å²) < 4.78 is 10.6. The molecule has 0 aromatic heterocycles. The first kappa shape index (κ1) is 15.6. The largest absolute Gasteiger partial charge is 0.325 e. The van der Waals surface area contributed by atoms with E-state index in [1.54, 1.807) is 0 Å². The quantitative estimate of drug-likeness (QED) is 0.409. The van der Waals surface area contributed by atoms with Gasteiger partial charge < -0.3 is 9.79 Å². The summed E-state index contributed by atoms with van der Waals surface area (Å²) in [5, 5.41) is 0. The lowest BCUT2D eigenvalue weighted by Crippen LogP contribution is -1.87. The second-order valence-electron chi connectivity index (χ2n) is 4.40. The van der Waals surface area contributed by atoms with Crippen LogP contribution in [0, 0.1) is 0 Å². The molecule has 0 aromatic carbocycles. The number of unbranched alkanes of at least 4 members (excludes halogenated alkanes) is 1. The lowest BCUT2D eigenvalue weighted by molar-refractivity contribution is 0.372. The van der Waals surface area contributed by atoms with E-state index < -0.39 is 7.60 Å². The van der Waals surface area contributed by atoms with Crippen LogP contribution in [0.2, 0.25) is 0 Å². The monoisotopic (exact) mass is 246 g/mol. The van der Waals surface area contributed by atoms with Gasteiger partial charge in [-0.1, -0.05) is 23.3 Å². The van der Waals surface area contributed by atoms with E-state index in [4.69, 9.17) is 9.79 Å². The van der Waals surface area contributed by atoms with Gasteiger partial charge in [0.1, 0.15) is 0 Å². The molecule has 0 atom stereocenters. The molecule has 0 bridgehead atoms. The highest BCUT2D eigenvalue weighted by Crippen LogP contribution is 2.35. The zero-order valence-corrected chi connectivity index (χ0v) is 11.3.